The summed E-state index contributed by atoms with van der Waals surface area (Å²) in [6, 6.07) is 0. The van der Waals surface area contributed by atoms with Gasteiger partial charge in [-0.05, 0) is 13.0 Å². The lowest BCUT2D eigenvalue weighted by Gasteiger charge is -2.06. The molecule has 0 aromatic carbocycles. The van der Waals surface area contributed by atoms with Crippen LogP contribution in [0.2, 0.25) is 0 Å². The molecule has 5 nitrogen and oxygen atoms in total. The number of hydrogen-bond donors (Lipinski definition) is 3. The van der Waals surface area contributed by atoms with E-state index in [1.54, 1.807) is 0 Å². The molecule has 0 heterocycles. The summed E-state index contributed by atoms with van der Waals surface area (Å²) in [7, 11) is 0. The number of rotatable bonds is 7. The first kappa shape index (κ1) is 10.8. The van der Waals surface area contributed by atoms with Crippen LogP contribution < -0.4 is 5.73 Å². The summed E-state index contributed by atoms with van der Waals surface area (Å²) in [4.78, 5) is 9.12. The maximum absolute atomic E-state index is 8.73. The SMILES string of the molecule is NCCCOOCC(O)CO. The minimum atomic E-state index is -0.868. The van der Waals surface area contributed by atoms with Gasteiger partial charge in [0, 0.05) is 0 Å². The molecule has 0 rings (SSSR count). The van der Waals surface area contributed by atoms with Gasteiger partial charge in [-0.2, -0.15) is 0 Å². The highest BCUT2D eigenvalue weighted by atomic mass is 17.2. The van der Waals surface area contributed by atoms with E-state index in [4.69, 9.17) is 15.9 Å². The molecule has 0 aliphatic carbocycles. The van der Waals surface area contributed by atoms with Crippen molar-refractivity contribution in [2.45, 2.75) is 12.5 Å². The van der Waals surface area contributed by atoms with Gasteiger partial charge in [-0.25, -0.2) is 9.78 Å². The van der Waals surface area contributed by atoms with E-state index >= 15 is 0 Å². The van der Waals surface area contributed by atoms with Crippen LogP contribution in [0, 0.1) is 0 Å². The van der Waals surface area contributed by atoms with Crippen molar-refractivity contribution in [3.63, 3.8) is 0 Å². The van der Waals surface area contributed by atoms with Crippen molar-refractivity contribution in [3.05, 3.63) is 0 Å². The molecule has 0 aliphatic rings. The Kier molecular flexibility index (Phi) is 7.76. The standard InChI is InChI=1S/C6H15NO4/c7-2-1-3-10-11-5-6(9)4-8/h6,8-9H,1-5,7H2. The van der Waals surface area contributed by atoms with Gasteiger partial charge in [0.2, 0.25) is 0 Å². The van der Waals surface area contributed by atoms with E-state index < -0.39 is 6.10 Å². The molecular formula is C6H15NO4. The Hall–Kier alpha value is -0.200. The third-order valence-electron chi connectivity index (χ3n) is 0.986. The second-order valence-electron chi connectivity index (χ2n) is 2.09. The van der Waals surface area contributed by atoms with Crippen LogP contribution in [-0.4, -0.2) is 42.7 Å². The van der Waals surface area contributed by atoms with Gasteiger partial charge >= 0.3 is 0 Å². The molecule has 0 saturated carbocycles. The van der Waals surface area contributed by atoms with Gasteiger partial charge in [0.25, 0.3) is 0 Å². The Bertz CT molecular complexity index is 81.0. The molecule has 0 spiro atoms. The Labute approximate surface area is 65.6 Å². The van der Waals surface area contributed by atoms with Crippen LogP contribution in [-0.2, 0) is 9.78 Å². The van der Waals surface area contributed by atoms with Crippen LogP contribution >= 0.6 is 0 Å². The lowest BCUT2D eigenvalue weighted by Crippen LogP contribution is -2.19. The smallest absolute Gasteiger partial charge is 0.110 e. The van der Waals surface area contributed by atoms with Gasteiger partial charge in [-0.1, -0.05) is 0 Å². The second-order valence-corrected chi connectivity index (χ2v) is 2.09. The summed E-state index contributed by atoms with van der Waals surface area (Å²) in [5.41, 5.74) is 5.17. The zero-order valence-corrected chi connectivity index (χ0v) is 6.40. The largest absolute Gasteiger partial charge is 0.394 e. The molecule has 1 unspecified atom stereocenters. The highest BCUT2D eigenvalue weighted by Crippen LogP contribution is 1.86. The van der Waals surface area contributed by atoms with Gasteiger partial charge in [0.15, 0.2) is 0 Å². The minimum Gasteiger partial charge on any atom is -0.394 e. The van der Waals surface area contributed by atoms with E-state index in [1.165, 1.54) is 0 Å². The van der Waals surface area contributed by atoms with Crippen molar-refractivity contribution >= 4 is 0 Å². The van der Waals surface area contributed by atoms with Gasteiger partial charge in [-0.15, -0.1) is 0 Å². The Morgan fingerprint density at radius 3 is 2.64 bits per heavy atom. The minimum absolute atomic E-state index is 0.0128. The van der Waals surface area contributed by atoms with E-state index in [0.717, 1.165) is 6.42 Å². The summed E-state index contributed by atoms with van der Waals surface area (Å²) in [5, 5.41) is 17.1. The van der Waals surface area contributed by atoms with Crippen molar-refractivity contribution in [1.82, 2.24) is 0 Å². The van der Waals surface area contributed by atoms with E-state index in [0.29, 0.717) is 13.2 Å². The monoisotopic (exact) mass is 165 g/mol. The number of nitrogens with two attached hydrogens (primary N) is 1. The molecule has 0 amide bonds. The zero-order valence-electron chi connectivity index (χ0n) is 6.40. The predicted octanol–water partition coefficient (Wildman–Crippen LogP) is -1.36. The summed E-state index contributed by atoms with van der Waals surface area (Å²) >= 11 is 0. The number of hydrogen-bond acceptors (Lipinski definition) is 5. The fraction of sp³-hybridized carbons (Fsp3) is 1.00. The number of aliphatic hydroxyl groups excluding tert-OH is 2. The van der Waals surface area contributed by atoms with Gasteiger partial charge < -0.3 is 15.9 Å². The Morgan fingerprint density at radius 1 is 1.36 bits per heavy atom. The average Bonchev–Trinajstić information content (AvgIpc) is 2.04. The molecule has 1 atom stereocenters. The van der Waals surface area contributed by atoms with Crippen molar-refractivity contribution < 1.29 is 20.0 Å². The van der Waals surface area contributed by atoms with Crippen molar-refractivity contribution in [2.24, 2.45) is 5.73 Å². The van der Waals surface area contributed by atoms with Crippen molar-refractivity contribution in [1.29, 1.82) is 0 Å². The van der Waals surface area contributed by atoms with E-state index in [-0.39, 0.29) is 13.2 Å². The highest BCUT2D eigenvalue weighted by Gasteiger charge is 2.00. The fourth-order valence-electron chi connectivity index (χ4n) is 0.381. The maximum atomic E-state index is 8.73. The summed E-state index contributed by atoms with van der Waals surface area (Å²) < 4.78 is 0. The molecule has 0 radical (unpaired) electrons. The van der Waals surface area contributed by atoms with Gasteiger partial charge in [-0.3, -0.25) is 0 Å². The van der Waals surface area contributed by atoms with Crippen LogP contribution in [0.15, 0.2) is 0 Å². The van der Waals surface area contributed by atoms with Crippen molar-refractivity contribution in [2.75, 3.05) is 26.4 Å². The normalized spacial score (nSPS) is 13.4. The highest BCUT2D eigenvalue weighted by molar-refractivity contribution is 4.45. The Balaban J connectivity index is 2.89. The maximum Gasteiger partial charge on any atom is 0.110 e. The van der Waals surface area contributed by atoms with Gasteiger partial charge in [0.05, 0.1) is 13.2 Å². The molecule has 68 valence electrons. The van der Waals surface area contributed by atoms with E-state index in [9.17, 15) is 0 Å². The first-order valence-corrected chi connectivity index (χ1v) is 3.54. The second kappa shape index (κ2) is 7.90. The summed E-state index contributed by atoms with van der Waals surface area (Å²) in [5.74, 6) is 0. The number of aliphatic hydroxyl groups is 2. The van der Waals surface area contributed by atoms with E-state index in [2.05, 4.69) is 9.78 Å². The lowest BCUT2D eigenvalue weighted by atomic mass is 10.4. The molecule has 0 fully saturated rings. The Morgan fingerprint density at radius 2 is 2.09 bits per heavy atom. The average molecular weight is 165 g/mol. The third kappa shape index (κ3) is 7.70. The molecule has 0 bridgehead atoms. The molecule has 11 heavy (non-hydrogen) atoms. The first-order chi connectivity index (χ1) is 5.31. The van der Waals surface area contributed by atoms with Gasteiger partial charge in [0.1, 0.15) is 12.7 Å². The van der Waals surface area contributed by atoms with Crippen LogP contribution in [0.5, 0.6) is 0 Å². The van der Waals surface area contributed by atoms with Crippen molar-refractivity contribution in [3.8, 4) is 0 Å². The predicted molar refractivity (Wildman–Crippen MR) is 38.7 cm³/mol. The lowest BCUT2D eigenvalue weighted by molar-refractivity contribution is -0.306. The van der Waals surface area contributed by atoms with Crippen LogP contribution in [0.25, 0.3) is 0 Å². The molecule has 0 aromatic heterocycles. The quantitative estimate of drug-likeness (QED) is 0.246. The first-order valence-electron chi connectivity index (χ1n) is 3.54. The zero-order chi connectivity index (χ0) is 8.53. The molecule has 0 aliphatic heterocycles. The summed E-state index contributed by atoms with van der Waals surface area (Å²) in [6.45, 7) is 0.627. The summed E-state index contributed by atoms with van der Waals surface area (Å²) in [6.07, 6.45) is -0.150. The molecule has 0 aromatic rings. The van der Waals surface area contributed by atoms with Crippen LogP contribution in [0.1, 0.15) is 6.42 Å². The van der Waals surface area contributed by atoms with Crippen LogP contribution in [0.3, 0.4) is 0 Å². The molecular weight excluding hydrogens is 150 g/mol. The topological polar surface area (TPSA) is 84.9 Å². The fourth-order valence-corrected chi connectivity index (χ4v) is 0.381. The van der Waals surface area contributed by atoms with Crippen LogP contribution in [0.4, 0.5) is 0 Å². The third-order valence-corrected chi connectivity index (χ3v) is 0.986. The molecule has 5 heteroatoms. The molecule has 4 N–H and O–H groups in total. The van der Waals surface area contributed by atoms with E-state index in [1.807, 2.05) is 0 Å². The molecule has 0 saturated heterocycles.